The van der Waals surface area contributed by atoms with E-state index in [1.54, 1.807) is 0 Å². The maximum absolute atomic E-state index is 10.5. The van der Waals surface area contributed by atoms with Crippen molar-refractivity contribution in [3.05, 3.63) is 35.4 Å². The number of piperidine rings is 1. The van der Waals surface area contributed by atoms with Crippen molar-refractivity contribution < 1.29 is 4.79 Å². The van der Waals surface area contributed by atoms with Crippen LogP contribution in [0.3, 0.4) is 0 Å². The molecule has 0 aromatic heterocycles. The normalized spacial score (nSPS) is 21.2. The van der Waals surface area contributed by atoms with Crippen molar-refractivity contribution in [2.45, 2.75) is 19.3 Å². The molecule has 1 aromatic rings. The Labute approximate surface area is 90.7 Å². The van der Waals surface area contributed by atoms with Gasteiger partial charge in [-0.05, 0) is 43.8 Å². The van der Waals surface area contributed by atoms with Gasteiger partial charge in [-0.25, -0.2) is 0 Å². The number of nitrogens with one attached hydrogen (secondary N) is 1. The van der Waals surface area contributed by atoms with Gasteiger partial charge in [-0.3, -0.25) is 4.79 Å². The summed E-state index contributed by atoms with van der Waals surface area (Å²) >= 11 is 0. The third kappa shape index (κ3) is 2.90. The first kappa shape index (κ1) is 10.4. The van der Waals surface area contributed by atoms with Crippen LogP contribution in [-0.2, 0) is 6.42 Å². The lowest BCUT2D eigenvalue weighted by atomic mass is 9.92. The van der Waals surface area contributed by atoms with Gasteiger partial charge < -0.3 is 5.32 Å². The van der Waals surface area contributed by atoms with Crippen molar-refractivity contribution >= 4 is 6.29 Å². The van der Waals surface area contributed by atoms with E-state index in [0.717, 1.165) is 30.7 Å². The van der Waals surface area contributed by atoms with Gasteiger partial charge in [-0.1, -0.05) is 24.3 Å². The fourth-order valence-electron chi connectivity index (χ4n) is 2.16. The minimum Gasteiger partial charge on any atom is -0.316 e. The second-order valence-corrected chi connectivity index (χ2v) is 4.28. The predicted molar refractivity (Wildman–Crippen MR) is 61.1 cm³/mol. The van der Waals surface area contributed by atoms with Gasteiger partial charge in [0.25, 0.3) is 0 Å². The second-order valence-electron chi connectivity index (χ2n) is 4.28. The van der Waals surface area contributed by atoms with Gasteiger partial charge >= 0.3 is 0 Å². The zero-order valence-electron chi connectivity index (χ0n) is 8.91. The fourth-order valence-corrected chi connectivity index (χ4v) is 2.16. The molecular weight excluding hydrogens is 186 g/mol. The summed E-state index contributed by atoms with van der Waals surface area (Å²) in [5.41, 5.74) is 2.11. The number of carbonyl (C=O) groups excluding carboxylic acids is 1. The van der Waals surface area contributed by atoms with Gasteiger partial charge in [0.15, 0.2) is 0 Å². The van der Waals surface area contributed by atoms with Crippen LogP contribution in [0, 0.1) is 5.92 Å². The lowest BCUT2D eigenvalue weighted by Gasteiger charge is -2.22. The maximum Gasteiger partial charge on any atom is 0.150 e. The number of benzene rings is 1. The minimum absolute atomic E-state index is 0.764. The molecule has 0 amide bonds. The molecule has 80 valence electrons. The lowest BCUT2D eigenvalue weighted by molar-refractivity contribution is 0.112. The Morgan fingerprint density at radius 2 is 2.13 bits per heavy atom. The van der Waals surface area contributed by atoms with Crippen LogP contribution in [0.1, 0.15) is 28.8 Å². The first-order valence-electron chi connectivity index (χ1n) is 5.63. The number of hydrogen-bond acceptors (Lipinski definition) is 2. The van der Waals surface area contributed by atoms with Crippen LogP contribution in [-0.4, -0.2) is 19.4 Å². The summed E-state index contributed by atoms with van der Waals surface area (Å²) in [6.45, 7) is 2.30. The van der Waals surface area contributed by atoms with Crippen LogP contribution < -0.4 is 5.32 Å². The smallest absolute Gasteiger partial charge is 0.150 e. The molecule has 2 nitrogen and oxygen atoms in total. The van der Waals surface area contributed by atoms with Crippen LogP contribution in [0.25, 0.3) is 0 Å². The summed E-state index contributed by atoms with van der Waals surface area (Å²) in [7, 11) is 0. The van der Waals surface area contributed by atoms with Crippen molar-refractivity contribution in [1.82, 2.24) is 5.32 Å². The first-order chi connectivity index (χ1) is 7.38. The number of aldehydes is 1. The van der Waals surface area contributed by atoms with Crippen molar-refractivity contribution in [2.75, 3.05) is 13.1 Å². The van der Waals surface area contributed by atoms with Gasteiger partial charge in [-0.15, -0.1) is 0 Å². The average Bonchev–Trinajstić information content (AvgIpc) is 2.31. The molecule has 0 saturated carbocycles. The highest BCUT2D eigenvalue weighted by Gasteiger charge is 2.12. The monoisotopic (exact) mass is 203 g/mol. The number of carbonyl (C=O) groups is 1. The highest BCUT2D eigenvalue weighted by molar-refractivity contribution is 5.74. The van der Waals surface area contributed by atoms with E-state index in [2.05, 4.69) is 17.4 Å². The zero-order valence-corrected chi connectivity index (χ0v) is 8.91. The first-order valence-corrected chi connectivity index (χ1v) is 5.63. The van der Waals surface area contributed by atoms with E-state index in [-0.39, 0.29) is 0 Å². The molecule has 1 heterocycles. The molecule has 1 unspecified atom stereocenters. The van der Waals surface area contributed by atoms with Crippen LogP contribution in [0.4, 0.5) is 0 Å². The average molecular weight is 203 g/mol. The van der Waals surface area contributed by atoms with Gasteiger partial charge in [0.2, 0.25) is 0 Å². The molecule has 0 spiro atoms. The van der Waals surface area contributed by atoms with E-state index in [0.29, 0.717) is 0 Å². The van der Waals surface area contributed by atoms with Crippen molar-refractivity contribution in [2.24, 2.45) is 5.92 Å². The molecule has 1 aromatic carbocycles. The molecule has 0 radical (unpaired) electrons. The highest BCUT2D eigenvalue weighted by atomic mass is 16.1. The fraction of sp³-hybridized carbons (Fsp3) is 0.462. The number of rotatable bonds is 3. The molecule has 15 heavy (non-hydrogen) atoms. The van der Waals surface area contributed by atoms with E-state index in [1.807, 2.05) is 12.1 Å². The Morgan fingerprint density at radius 1 is 1.33 bits per heavy atom. The number of hydrogen-bond donors (Lipinski definition) is 1. The van der Waals surface area contributed by atoms with E-state index in [9.17, 15) is 4.79 Å². The summed E-state index contributed by atoms with van der Waals surface area (Å²) in [5, 5.41) is 3.42. The Bertz CT molecular complexity index is 312. The summed E-state index contributed by atoms with van der Waals surface area (Å²) in [6, 6.07) is 7.94. The summed E-state index contributed by atoms with van der Waals surface area (Å²) in [6.07, 6.45) is 4.64. The summed E-state index contributed by atoms with van der Waals surface area (Å²) < 4.78 is 0. The Morgan fingerprint density at radius 3 is 2.73 bits per heavy atom. The standard InChI is InChI=1S/C13H17NO/c15-10-12-5-3-11(4-6-12)8-13-2-1-7-14-9-13/h3-6,10,13-14H,1-2,7-9H2. The molecule has 1 atom stereocenters. The highest BCUT2D eigenvalue weighted by Crippen LogP contribution is 2.16. The third-order valence-electron chi connectivity index (χ3n) is 3.04. The lowest BCUT2D eigenvalue weighted by Crippen LogP contribution is -2.30. The molecule has 1 aliphatic heterocycles. The SMILES string of the molecule is O=Cc1ccc(CC2CCCNC2)cc1. The summed E-state index contributed by atoms with van der Waals surface area (Å²) in [4.78, 5) is 10.5. The van der Waals surface area contributed by atoms with E-state index in [4.69, 9.17) is 0 Å². The summed E-state index contributed by atoms with van der Waals surface area (Å²) in [5.74, 6) is 0.765. The van der Waals surface area contributed by atoms with Gasteiger partial charge in [0, 0.05) is 5.56 Å². The van der Waals surface area contributed by atoms with E-state index < -0.39 is 0 Å². The quantitative estimate of drug-likeness (QED) is 0.762. The maximum atomic E-state index is 10.5. The van der Waals surface area contributed by atoms with Crippen molar-refractivity contribution in [3.63, 3.8) is 0 Å². The third-order valence-corrected chi connectivity index (χ3v) is 3.04. The van der Waals surface area contributed by atoms with E-state index in [1.165, 1.54) is 24.9 Å². The van der Waals surface area contributed by atoms with Crippen molar-refractivity contribution in [1.29, 1.82) is 0 Å². The van der Waals surface area contributed by atoms with Crippen LogP contribution in [0.2, 0.25) is 0 Å². The minimum atomic E-state index is 0.764. The molecular formula is C13H17NO. The molecule has 0 aliphatic carbocycles. The molecule has 2 rings (SSSR count). The zero-order chi connectivity index (χ0) is 10.5. The Kier molecular flexibility index (Phi) is 3.51. The van der Waals surface area contributed by atoms with E-state index >= 15 is 0 Å². The van der Waals surface area contributed by atoms with Gasteiger partial charge in [0.05, 0.1) is 0 Å². The predicted octanol–water partition coefficient (Wildman–Crippen LogP) is 2.04. The molecule has 1 aliphatic rings. The topological polar surface area (TPSA) is 29.1 Å². The van der Waals surface area contributed by atoms with Crippen LogP contribution in [0.15, 0.2) is 24.3 Å². The van der Waals surface area contributed by atoms with Crippen LogP contribution in [0.5, 0.6) is 0 Å². The second kappa shape index (κ2) is 5.08. The van der Waals surface area contributed by atoms with Gasteiger partial charge in [0.1, 0.15) is 6.29 Å². The molecule has 1 saturated heterocycles. The van der Waals surface area contributed by atoms with Gasteiger partial charge in [-0.2, -0.15) is 0 Å². The van der Waals surface area contributed by atoms with Crippen molar-refractivity contribution in [3.8, 4) is 0 Å². The van der Waals surface area contributed by atoms with Crippen LogP contribution >= 0.6 is 0 Å². The molecule has 2 heteroatoms. The molecule has 0 bridgehead atoms. The largest absolute Gasteiger partial charge is 0.316 e. The Balaban J connectivity index is 1.94. The molecule has 1 fully saturated rings. The Hall–Kier alpha value is -1.15. The molecule has 1 N–H and O–H groups in total.